The van der Waals surface area contributed by atoms with Crippen molar-refractivity contribution in [3.63, 3.8) is 0 Å². The molecule has 3 rings (SSSR count). The highest BCUT2D eigenvalue weighted by molar-refractivity contribution is 7.09. The Morgan fingerprint density at radius 2 is 1.96 bits per heavy atom. The Morgan fingerprint density at radius 1 is 1.21 bits per heavy atom. The number of thiazole rings is 1. The summed E-state index contributed by atoms with van der Waals surface area (Å²) in [5.41, 5.74) is 2.64. The van der Waals surface area contributed by atoms with Crippen molar-refractivity contribution < 1.29 is 9.53 Å². The van der Waals surface area contributed by atoms with Crippen LogP contribution in [-0.4, -0.2) is 21.8 Å². The molecule has 3 aromatic rings. The lowest BCUT2D eigenvalue weighted by Gasteiger charge is -2.26. The lowest BCUT2D eigenvalue weighted by atomic mass is 10.1. The van der Waals surface area contributed by atoms with Gasteiger partial charge in [-0.3, -0.25) is 4.79 Å². The van der Waals surface area contributed by atoms with Gasteiger partial charge in [-0.05, 0) is 62.7 Å². The number of amides is 1. The maximum absolute atomic E-state index is 12.9. The summed E-state index contributed by atoms with van der Waals surface area (Å²) in [6, 6.07) is 15.0. The molecule has 0 aliphatic heterocycles. The molecule has 0 unspecified atom stereocenters. The highest BCUT2D eigenvalue weighted by Crippen LogP contribution is 2.19. The van der Waals surface area contributed by atoms with Gasteiger partial charge in [0.05, 0.1) is 12.2 Å². The predicted molar refractivity (Wildman–Crippen MR) is 114 cm³/mol. The van der Waals surface area contributed by atoms with Crippen LogP contribution >= 0.6 is 22.9 Å². The number of benzene rings is 2. The van der Waals surface area contributed by atoms with Gasteiger partial charge in [-0.15, -0.1) is 11.3 Å². The third kappa shape index (κ3) is 5.33. The fourth-order valence-electron chi connectivity index (χ4n) is 2.76. The van der Waals surface area contributed by atoms with E-state index in [9.17, 15) is 4.79 Å². The highest BCUT2D eigenvalue weighted by atomic mass is 35.5. The smallest absolute Gasteiger partial charge is 0.254 e. The summed E-state index contributed by atoms with van der Waals surface area (Å²) in [6.45, 7) is 6.91. The molecule has 0 spiro atoms. The van der Waals surface area contributed by atoms with Crippen molar-refractivity contribution >= 4 is 28.8 Å². The Balaban J connectivity index is 1.65. The first-order valence-corrected chi connectivity index (χ1v) is 10.4. The van der Waals surface area contributed by atoms with Gasteiger partial charge in [-0.25, -0.2) is 4.98 Å². The van der Waals surface area contributed by atoms with Crippen molar-refractivity contribution in [2.24, 2.45) is 0 Å². The molecule has 1 amide bonds. The van der Waals surface area contributed by atoms with Crippen LogP contribution in [-0.2, 0) is 13.2 Å². The number of carbonyl (C=O) groups is 1. The second-order valence-corrected chi connectivity index (χ2v) is 8.25. The molecule has 0 aliphatic carbocycles. The number of aryl methyl sites for hydroxylation is 1. The Hall–Kier alpha value is -2.37. The lowest BCUT2D eigenvalue weighted by molar-refractivity contribution is 0.0688. The van der Waals surface area contributed by atoms with E-state index in [4.69, 9.17) is 16.3 Å². The first kappa shape index (κ1) is 20.4. The van der Waals surface area contributed by atoms with Gasteiger partial charge in [-0.1, -0.05) is 23.7 Å². The lowest BCUT2D eigenvalue weighted by Crippen LogP contribution is -2.36. The third-order valence-corrected chi connectivity index (χ3v) is 5.38. The van der Waals surface area contributed by atoms with Gasteiger partial charge < -0.3 is 9.64 Å². The highest BCUT2D eigenvalue weighted by Gasteiger charge is 2.20. The summed E-state index contributed by atoms with van der Waals surface area (Å²) in [5, 5.41) is 3.49. The van der Waals surface area contributed by atoms with E-state index in [0.29, 0.717) is 23.7 Å². The van der Waals surface area contributed by atoms with Crippen molar-refractivity contribution in [2.75, 3.05) is 0 Å². The number of rotatable bonds is 7. The van der Waals surface area contributed by atoms with Crippen molar-refractivity contribution in [3.8, 4) is 5.75 Å². The number of carbonyl (C=O) groups excluding carboxylic acids is 1. The van der Waals surface area contributed by atoms with Gasteiger partial charge in [-0.2, -0.15) is 0 Å². The fraction of sp³-hybridized carbons (Fsp3) is 0.273. The van der Waals surface area contributed by atoms with Crippen molar-refractivity contribution in [3.05, 3.63) is 80.8 Å². The average Bonchev–Trinajstić information content (AvgIpc) is 3.12. The molecule has 0 fully saturated rings. The maximum Gasteiger partial charge on any atom is 0.254 e. The van der Waals surface area contributed by atoms with Crippen molar-refractivity contribution in [1.29, 1.82) is 0 Å². The molecule has 0 saturated heterocycles. The van der Waals surface area contributed by atoms with Gasteiger partial charge in [0, 0.05) is 22.0 Å². The summed E-state index contributed by atoms with van der Waals surface area (Å²) < 4.78 is 5.82. The number of ether oxygens (including phenoxy) is 1. The minimum atomic E-state index is -0.0303. The van der Waals surface area contributed by atoms with Crippen LogP contribution in [0.5, 0.6) is 5.75 Å². The Labute approximate surface area is 174 Å². The van der Waals surface area contributed by atoms with Crippen molar-refractivity contribution in [1.82, 2.24) is 9.88 Å². The van der Waals surface area contributed by atoms with E-state index in [0.717, 1.165) is 22.0 Å². The van der Waals surface area contributed by atoms with Crippen LogP contribution in [0, 0.1) is 6.92 Å². The van der Waals surface area contributed by atoms with E-state index in [1.807, 2.05) is 55.3 Å². The topological polar surface area (TPSA) is 42.4 Å². The van der Waals surface area contributed by atoms with Crippen molar-refractivity contribution in [2.45, 2.75) is 40.0 Å². The van der Waals surface area contributed by atoms with E-state index in [1.165, 1.54) is 0 Å². The molecule has 0 atom stereocenters. The summed E-state index contributed by atoms with van der Waals surface area (Å²) >= 11 is 7.47. The molecule has 146 valence electrons. The van der Waals surface area contributed by atoms with Crippen LogP contribution in [0.3, 0.4) is 0 Å². The zero-order valence-corrected chi connectivity index (χ0v) is 17.8. The summed E-state index contributed by atoms with van der Waals surface area (Å²) in [4.78, 5) is 19.3. The Morgan fingerprint density at radius 3 is 2.64 bits per heavy atom. The molecular weight excluding hydrogens is 392 g/mol. The van der Waals surface area contributed by atoms with Gasteiger partial charge in [0.15, 0.2) is 0 Å². The minimum absolute atomic E-state index is 0.0303. The number of hydrogen-bond acceptors (Lipinski definition) is 4. The van der Waals surface area contributed by atoms with Gasteiger partial charge in [0.2, 0.25) is 0 Å². The molecule has 2 aromatic carbocycles. The first-order chi connectivity index (χ1) is 13.4. The molecule has 4 nitrogen and oxygen atoms in total. The SMILES string of the molecule is Cc1cccc(OCc2nc(CN(C(=O)c3ccc(Cl)cc3)C(C)C)cs2)c1. The van der Waals surface area contributed by atoms with E-state index < -0.39 is 0 Å². The molecule has 6 heteroatoms. The Bertz CT molecular complexity index is 938. The maximum atomic E-state index is 12.9. The molecule has 0 bridgehead atoms. The largest absolute Gasteiger partial charge is 0.486 e. The van der Waals surface area contributed by atoms with Crippen LogP contribution in [0.1, 0.15) is 40.5 Å². The van der Waals surface area contributed by atoms with Gasteiger partial charge in [0.25, 0.3) is 5.91 Å². The molecule has 0 radical (unpaired) electrons. The quantitative estimate of drug-likeness (QED) is 0.495. The van der Waals surface area contributed by atoms with Crippen LogP contribution in [0.4, 0.5) is 0 Å². The molecular formula is C22H23ClN2O2S. The van der Waals surface area contributed by atoms with Crippen LogP contribution in [0.25, 0.3) is 0 Å². The molecule has 0 aliphatic rings. The third-order valence-electron chi connectivity index (χ3n) is 4.26. The summed E-state index contributed by atoms with van der Waals surface area (Å²) in [7, 11) is 0. The molecule has 0 saturated carbocycles. The second-order valence-electron chi connectivity index (χ2n) is 6.87. The fourth-order valence-corrected chi connectivity index (χ4v) is 3.58. The summed E-state index contributed by atoms with van der Waals surface area (Å²) in [5.74, 6) is 0.802. The standard InChI is InChI=1S/C22H23ClN2O2S/c1-15(2)25(22(26)17-7-9-18(23)10-8-17)12-19-14-28-21(24-19)13-27-20-6-4-5-16(3)11-20/h4-11,14-15H,12-13H2,1-3H3. The predicted octanol–water partition coefficient (Wildman–Crippen LogP) is 5.73. The van der Waals surface area contributed by atoms with E-state index in [2.05, 4.69) is 4.98 Å². The van der Waals surface area contributed by atoms with E-state index in [1.54, 1.807) is 35.6 Å². The monoisotopic (exact) mass is 414 g/mol. The minimum Gasteiger partial charge on any atom is -0.486 e. The number of aromatic nitrogens is 1. The molecule has 1 heterocycles. The number of hydrogen-bond donors (Lipinski definition) is 0. The molecule has 28 heavy (non-hydrogen) atoms. The normalized spacial score (nSPS) is 10.9. The van der Waals surface area contributed by atoms with Crippen LogP contribution in [0.2, 0.25) is 5.02 Å². The molecule has 0 N–H and O–H groups in total. The van der Waals surface area contributed by atoms with Crippen LogP contribution in [0.15, 0.2) is 53.9 Å². The molecule has 1 aromatic heterocycles. The zero-order valence-electron chi connectivity index (χ0n) is 16.2. The first-order valence-electron chi connectivity index (χ1n) is 9.11. The van der Waals surface area contributed by atoms with Gasteiger partial charge in [0.1, 0.15) is 17.4 Å². The average molecular weight is 415 g/mol. The van der Waals surface area contributed by atoms with Crippen LogP contribution < -0.4 is 4.74 Å². The summed E-state index contributed by atoms with van der Waals surface area (Å²) in [6.07, 6.45) is 0. The van der Waals surface area contributed by atoms with E-state index in [-0.39, 0.29) is 11.9 Å². The van der Waals surface area contributed by atoms with E-state index >= 15 is 0 Å². The number of nitrogens with zero attached hydrogens (tertiary/aromatic N) is 2. The number of halogens is 1. The van der Waals surface area contributed by atoms with Gasteiger partial charge >= 0.3 is 0 Å². The zero-order chi connectivity index (χ0) is 20.1. The Kier molecular flexibility index (Phi) is 6.70. The second kappa shape index (κ2) is 9.22.